The van der Waals surface area contributed by atoms with Gasteiger partial charge in [-0.05, 0) is 13.0 Å². The average molecular weight is 183 g/mol. The van der Waals surface area contributed by atoms with Crippen LogP contribution in [-0.2, 0) is 11.3 Å². The minimum atomic E-state index is 0.387. The first kappa shape index (κ1) is 8.65. The molecule has 0 aliphatic carbocycles. The van der Waals surface area contributed by atoms with Gasteiger partial charge in [-0.1, -0.05) is 5.16 Å². The highest BCUT2D eigenvalue weighted by molar-refractivity contribution is 4.97. The summed E-state index contributed by atoms with van der Waals surface area (Å²) in [7, 11) is 1.62. The summed E-state index contributed by atoms with van der Waals surface area (Å²) in [5.74, 6) is 1.75. The molecule has 0 amide bonds. The first-order chi connectivity index (χ1) is 6.40. The number of ether oxygens (including phenoxy) is 1. The Balaban J connectivity index is 2.03. The van der Waals surface area contributed by atoms with Gasteiger partial charge in [0.25, 0.3) is 0 Å². The standard InChI is InChI=1S/C8H13N3O2/c1-12-5-7-10-8(13-11-7)6-2-3-9-4-6/h6,9H,2-5H2,1H3. The first-order valence-electron chi connectivity index (χ1n) is 4.42. The summed E-state index contributed by atoms with van der Waals surface area (Å²) in [5.41, 5.74) is 0. The van der Waals surface area contributed by atoms with Gasteiger partial charge in [0.15, 0.2) is 5.82 Å². The molecular weight excluding hydrogens is 170 g/mol. The van der Waals surface area contributed by atoms with Crippen molar-refractivity contribution in [3.8, 4) is 0 Å². The van der Waals surface area contributed by atoms with Gasteiger partial charge in [0.05, 0.1) is 5.92 Å². The Hall–Kier alpha value is -0.940. The summed E-state index contributed by atoms with van der Waals surface area (Å²) in [4.78, 5) is 4.24. The van der Waals surface area contributed by atoms with Crippen LogP contribution in [0.2, 0.25) is 0 Å². The topological polar surface area (TPSA) is 60.2 Å². The molecule has 1 N–H and O–H groups in total. The Bertz CT molecular complexity index is 268. The SMILES string of the molecule is COCc1noc(C2CCNC2)n1. The Labute approximate surface area is 76.5 Å². The number of methoxy groups -OCH3 is 1. The van der Waals surface area contributed by atoms with Crippen LogP contribution in [-0.4, -0.2) is 30.3 Å². The molecule has 1 atom stereocenters. The van der Waals surface area contributed by atoms with Crippen molar-refractivity contribution in [1.29, 1.82) is 0 Å². The van der Waals surface area contributed by atoms with Crippen molar-refractivity contribution < 1.29 is 9.26 Å². The molecule has 1 aliphatic rings. The summed E-state index contributed by atoms with van der Waals surface area (Å²) < 4.78 is 10.0. The predicted octanol–water partition coefficient (Wildman–Crippen LogP) is 0.293. The van der Waals surface area contributed by atoms with Crippen molar-refractivity contribution in [3.05, 3.63) is 11.7 Å². The van der Waals surface area contributed by atoms with E-state index in [0.29, 0.717) is 18.3 Å². The highest BCUT2D eigenvalue weighted by Gasteiger charge is 2.22. The normalized spacial score (nSPS) is 22.4. The van der Waals surface area contributed by atoms with Crippen LogP contribution in [0.5, 0.6) is 0 Å². The molecule has 5 nitrogen and oxygen atoms in total. The van der Waals surface area contributed by atoms with Gasteiger partial charge in [0.2, 0.25) is 5.89 Å². The molecule has 0 spiro atoms. The molecule has 2 heterocycles. The highest BCUT2D eigenvalue weighted by atomic mass is 16.5. The quantitative estimate of drug-likeness (QED) is 0.730. The van der Waals surface area contributed by atoms with Gasteiger partial charge in [-0.2, -0.15) is 4.98 Å². The second-order valence-electron chi connectivity index (χ2n) is 3.17. The van der Waals surface area contributed by atoms with Crippen LogP contribution in [0.4, 0.5) is 0 Å². The van der Waals surface area contributed by atoms with Crippen LogP contribution in [0.1, 0.15) is 24.1 Å². The molecule has 0 saturated carbocycles. The van der Waals surface area contributed by atoms with Crippen molar-refractivity contribution in [2.24, 2.45) is 0 Å². The minimum Gasteiger partial charge on any atom is -0.377 e. The van der Waals surface area contributed by atoms with Crippen molar-refractivity contribution in [1.82, 2.24) is 15.5 Å². The van der Waals surface area contributed by atoms with Gasteiger partial charge in [-0.3, -0.25) is 0 Å². The molecule has 0 bridgehead atoms. The van der Waals surface area contributed by atoms with Crippen LogP contribution in [0.15, 0.2) is 4.52 Å². The number of hydrogen-bond donors (Lipinski definition) is 1. The van der Waals surface area contributed by atoms with Crippen LogP contribution < -0.4 is 5.32 Å². The zero-order chi connectivity index (χ0) is 9.10. The summed E-state index contributed by atoms with van der Waals surface area (Å²) in [6.45, 7) is 2.39. The lowest BCUT2D eigenvalue weighted by Gasteiger charge is -1.98. The molecule has 1 saturated heterocycles. The van der Waals surface area contributed by atoms with Crippen molar-refractivity contribution in [2.75, 3.05) is 20.2 Å². The van der Waals surface area contributed by atoms with Gasteiger partial charge in [0, 0.05) is 13.7 Å². The third-order valence-corrected chi connectivity index (χ3v) is 2.17. The molecule has 5 heteroatoms. The lowest BCUT2D eigenvalue weighted by molar-refractivity contribution is 0.174. The minimum absolute atomic E-state index is 0.387. The van der Waals surface area contributed by atoms with Gasteiger partial charge in [-0.25, -0.2) is 0 Å². The Morgan fingerprint density at radius 2 is 2.62 bits per heavy atom. The van der Waals surface area contributed by atoms with E-state index in [2.05, 4.69) is 15.5 Å². The second kappa shape index (κ2) is 3.85. The zero-order valence-corrected chi connectivity index (χ0v) is 7.62. The number of rotatable bonds is 3. The van der Waals surface area contributed by atoms with Crippen LogP contribution in [0.3, 0.4) is 0 Å². The molecule has 13 heavy (non-hydrogen) atoms. The van der Waals surface area contributed by atoms with E-state index in [-0.39, 0.29) is 0 Å². The van der Waals surface area contributed by atoms with Crippen molar-refractivity contribution in [2.45, 2.75) is 18.9 Å². The molecule has 1 fully saturated rings. The molecule has 1 aromatic heterocycles. The summed E-state index contributed by atoms with van der Waals surface area (Å²) in [6.07, 6.45) is 1.08. The fourth-order valence-corrected chi connectivity index (χ4v) is 1.49. The van der Waals surface area contributed by atoms with E-state index in [1.54, 1.807) is 7.11 Å². The van der Waals surface area contributed by atoms with E-state index in [1.165, 1.54) is 0 Å². The molecule has 0 aromatic carbocycles. The van der Waals surface area contributed by atoms with E-state index in [9.17, 15) is 0 Å². The third kappa shape index (κ3) is 1.87. The fraction of sp³-hybridized carbons (Fsp3) is 0.750. The average Bonchev–Trinajstić information content (AvgIpc) is 2.70. The van der Waals surface area contributed by atoms with Crippen molar-refractivity contribution >= 4 is 0 Å². The van der Waals surface area contributed by atoms with E-state index in [4.69, 9.17) is 9.26 Å². The lowest BCUT2D eigenvalue weighted by Crippen LogP contribution is -2.08. The Morgan fingerprint density at radius 3 is 3.31 bits per heavy atom. The molecule has 1 unspecified atom stereocenters. The van der Waals surface area contributed by atoms with E-state index < -0.39 is 0 Å². The monoisotopic (exact) mass is 183 g/mol. The van der Waals surface area contributed by atoms with Crippen LogP contribution in [0, 0.1) is 0 Å². The lowest BCUT2D eigenvalue weighted by atomic mass is 10.1. The van der Waals surface area contributed by atoms with Gasteiger partial charge >= 0.3 is 0 Å². The molecular formula is C8H13N3O2. The maximum atomic E-state index is 5.12. The number of nitrogens with one attached hydrogen (secondary N) is 1. The molecule has 72 valence electrons. The maximum Gasteiger partial charge on any atom is 0.231 e. The van der Waals surface area contributed by atoms with Crippen molar-refractivity contribution in [3.63, 3.8) is 0 Å². The summed E-state index contributed by atoms with van der Waals surface area (Å²) in [5, 5.41) is 7.06. The van der Waals surface area contributed by atoms with Gasteiger partial charge in [0.1, 0.15) is 6.61 Å². The van der Waals surface area contributed by atoms with Crippen LogP contribution >= 0.6 is 0 Å². The summed E-state index contributed by atoms with van der Waals surface area (Å²) in [6, 6.07) is 0. The largest absolute Gasteiger partial charge is 0.377 e. The molecule has 1 aliphatic heterocycles. The van der Waals surface area contributed by atoms with Crippen LogP contribution in [0.25, 0.3) is 0 Å². The van der Waals surface area contributed by atoms with Gasteiger partial charge < -0.3 is 14.6 Å². The Kier molecular flexibility index (Phi) is 2.56. The van der Waals surface area contributed by atoms with E-state index >= 15 is 0 Å². The number of hydrogen-bond acceptors (Lipinski definition) is 5. The first-order valence-corrected chi connectivity index (χ1v) is 4.42. The molecule has 0 radical (unpaired) electrons. The molecule has 1 aromatic rings. The maximum absolute atomic E-state index is 5.12. The zero-order valence-electron chi connectivity index (χ0n) is 7.62. The Morgan fingerprint density at radius 1 is 1.69 bits per heavy atom. The third-order valence-electron chi connectivity index (χ3n) is 2.17. The summed E-state index contributed by atoms with van der Waals surface area (Å²) >= 11 is 0. The molecule has 2 rings (SSSR count). The van der Waals surface area contributed by atoms with Gasteiger partial charge in [-0.15, -0.1) is 0 Å². The second-order valence-corrected chi connectivity index (χ2v) is 3.17. The highest BCUT2D eigenvalue weighted by Crippen LogP contribution is 2.20. The van der Waals surface area contributed by atoms with E-state index in [1.807, 2.05) is 0 Å². The predicted molar refractivity (Wildman–Crippen MR) is 45.2 cm³/mol. The number of nitrogens with zero attached hydrogens (tertiary/aromatic N) is 2. The van der Waals surface area contributed by atoms with E-state index in [0.717, 1.165) is 25.4 Å². The smallest absolute Gasteiger partial charge is 0.231 e. The fourth-order valence-electron chi connectivity index (χ4n) is 1.49. The number of aromatic nitrogens is 2.